The average Bonchev–Trinajstić information content (AvgIpc) is 2.74. The molecule has 1 aromatic heterocycles. The molecule has 0 spiro atoms. The lowest BCUT2D eigenvalue weighted by molar-refractivity contribution is -0.778. The summed E-state index contributed by atoms with van der Waals surface area (Å²) < 4.78 is 7.25. The van der Waals surface area contributed by atoms with Gasteiger partial charge in [0.25, 0.3) is 6.23 Å². The maximum absolute atomic E-state index is 10.2. The third kappa shape index (κ3) is 7.61. The van der Waals surface area contributed by atoms with Crippen molar-refractivity contribution in [2.75, 3.05) is 6.61 Å². The molecule has 29 heavy (non-hydrogen) atoms. The standard InChI is InChI=1S/C23H40NO5/c1-2-3-4-5-6-7-8-9-10-11-12-18-13-15-24(16-14-18)23-22(28)21(27)20(26)19(17-25)29-23/h13-16,19-23,25-28H,2-12,17H2,1H3/q+1. The number of aromatic nitrogens is 1. The molecule has 4 N–H and O–H groups in total. The van der Waals surface area contributed by atoms with Crippen molar-refractivity contribution >= 4 is 0 Å². The summed E-state index contributed by atoms with van der Waals surface area (Å²) >= 11 is 0. The van der Waals surface area contributed by atoms with Gasteiger partial charge in [-0.2, -0.15) is 4.57 Å². The van der Waals surface area contributed by atoms with Crippen LogP contribution in [0.5, 0.6) is 0 Å². The van der Waals surface area contributed by atoms with E-state index >= 15 is 0 Å². The largest absolute Gasteiger partial charge is 0.394 e. The first-order chi connectivity index (χ1) is 14.1. The molecule has 0 bridgehead atoms. The number of unbranched alkanes of at least 4 members (excludes halogenated alkanes) is 9. The zero-order valence-electron chi connectivity index (χ0n) is 17.8. The number of hydrogen-bond acceptors (Lipinski definition) is 5. The first kappa shape index (κ1) is 24.2. The summed E-state index contributed by atoms with van der Waals surface area (Å²) in [5.41, 5.74) is 1.23. The maximum Gasteiger partial charge on any atom is 0.292 e. The van der Waals surface area contributed by atoms with E-state index in [1.165, 1.54) is 69.8 Å². The van der Waals surface area contributed by atoms with E-state index < -0.39 is 37.3 Å². The van der Waals surface area contributed by atoms with Crippen molar-refractivity contribution in [2.45, 2.75) is 108 Å². The van der Waals surface area contributed by atoms with Crippen molar-refractivity contribution in [2.24, 2.45) is 0 Å². The Bertz CT molecular complexity index is 551. The van der Waals surface area contributed by atoms with Crippen molar-refractivity contribution in [1.29, 1.82) is 0 Å². The van der Waals surface area contributed by atoms with Gasteiger partial charge in [0, 0.05) is 12.1 Å². The van der Waals surface area contributed by atoms with Crippen LogP contribution in [0.3, 0.4) is 0 Å². The van der Waals surface area contributed by atoms with E-state index in [2.05, 4.69) is 6.92 Å². The molecule has 2 rings (SSSR count). The van der Waals surface area contributed by atoms with Crippen molar-refractivity contribution < 1.29 is 29.7 Å². The Morgan fingerprint density at radius 1 is 0.793 bits per heavy atom. The van der Waals surface area contributed by atoms with Crippen LogP contribution in [0.15, 0.2) is 24.5 Å². The molecule has 0 aromatic carbocycles. The number of nitrogens with zero attached hydrogens (tertiary/aromatic N) is 1. The fourth-order valence-electron chi connectivity index (χ4n) is 3.95. The Balaban J connectivity index is 1.68. The number of rotatable bonds is 13. The van der Waals surface area contributed by atoms with E-state index in [0.29, 0.717) is 0 Å². The van der Waals surface area contributed by atoms with Crippen LogP contribution in [-0.4, -0.2) is 51.4 Å². The Morgan fingerprint density at radius 3 is 1.90 bits per heavy atom. The van der Waals surface area contributed by atoms with Gasteiger partial charge in [0.05, 0.1) is 6.61 Å². The number of aliphatic hydroxyl groups excluding tert-OH is 4. The second kappa shape index (κ2) is 13.3. The van der Waals surface area contributed by atoms with Gasteiger partial charge in [-0.05, 0) is 18.4 Å². The first-order valence-electron chi connectivity index (χ1n) is 11.4. The van der Waals surface area contributed by atoms with Crippen molar-refractivity contribution in [3.63, 3.8) is 0 Å². The number of pyridine rings is 1. The Morgan fingerprint density at radius 2 is 1.34 bits per heavy atom. The van der Waals surface area contributed by atoms with Crippen LogP contribution in [0.1, 0.15) is 82.9 Å². The fraction of sp³-hybridized carbons (Fsp3) is 0.783. The lowest BCUT2D eigenvalue weighted by atomic mass is 9.98. The van der Waals surface area contributed by atoms with Crippen molar-refractivity contribution in [3.8, 4) is 0 Å². The molecule has 6 heteroatoms. The Kier molecular flexibility index (Phi) is 11.1. The van der Waals surface area contributed by atoms with Gasteiger partial charge in [-0.15, -0.1) is 0 Å². The van der Waals surface area contributed by atoms with Gasteiger partial charge in [0.2, 0.25) is 0 Å². The van der Waals surface area contributed by atoms with E-state index in [1.807, 2.05) is 24.5 Å². The highest BCUT2D eigenvalue weighted by molar-refractivity contribution is 5.07. The van der Waals surface area contributed by atoms with Crippen molar-refractivity contribution in [1.82, 2.24) is 0 Å². The molecule has 6 nitrogen and oxygen atoms in total. The van der Waals surface area contributed by atoms with Gasteiger partial charge < -0.3 is 25.2 Å². The van der Waals surface area contributed by atoms with Crippen LogP contribution < -0.4 is 4.57 Å². The summed E-state index contributed by atoms with van der Waals surface area (Å²) in [6.07, 6.45) is 12.2. The summed E-state index contributed by atoms with van der Waals surface area (Å²) in [5.74, 6) is 0. The monoisotopic (exact) mass is 410 g/mol. The van der Waals surface area contributed by atoms with Gasteiger partial charge in [-0.1, -0.05) is 64.7 Å². The molecule has 0 aliphatic carbocycles. The topological polar surface area (TPSA) is 94.0 Å². The molecule has 1 aromatic rings. The zero-order valence-corrected chi connectivity index (χ0v) is 17.8. The highest BCUT2D eigenvalue weighted by atomic mass is 16.6. The summed E-state index contributed by atoms with van der Waals surface area (Å²) in [6, 6.07) is 3.99. The molecule has 166 valence electrons. The lowest BCUT2D eigenvalue weighted by Crippen LogP contribution is -2.62. The fourth-order valence-corrected chi connectivity index (χ4v) is 3.95. The number of aliphatic hydroxyl groups is 4. The summed E-state index contributed by atoms with van der Waals surface area (Å²) in [5, 5.41) is 39.3. The smallest absolute Gasteiger partial charge is 0.292 e. The molecule has 2 heterocycles. The minimum atomic E-state index is -1.36. The molecule has 0 saturated carbocycles. The van der Waals surface area contributed by atoms with Crippen LogP contribution in [-0.2, 0) is 11.2 Å². The normalized spacial score (nSPS) is 27.3. The van der Waals surface area contributed by atoms with Crippen LogP contribution in [0.4, 0.5) is 0 Å². The summed E-state index contributed by atoms with van der Waals surface area (Å²) in [4.78, 5) is 0. The lowest BCUT2D eigenvalue weighted by Gasteiger charge is -2.36. The third-order valence-corrected chi connectivity index (χ3v) is 5.90. The number of hydrogen-bond donors (Lipinski definition) is 4. The quantitative estimate of drug-likeness (QED) is 0.296. The molecule has 5 unspecified atom stereocenters. The van der Waals surface area contributed by atoms with E-state index in [4.69, 9.17) is 4.74 Å². The van der Waals surface area contributed by atoms with Gasteiger partial charge in [-0.3, -0.25) is 0 Å². The predicted molar refractivity (Wildman–Crippen MR) is 111 cm³/mol. The Labute approximate surface area is 175 Å². The molecule has 1 saturated heterocycles. The highest BCUT2D eigenvalue weighted by Gasteiger charge is 2.47. The minimum Gasteiger partial charge on any atom is -0.394 e. The molecule has 0 radical (unpaired) electrons. The van der Waals surface area contributed by atoms with Crippen LogP contribution in [0.25, 0.3) is 0 Å². The summed E-state index contributed by atoms with van der Waals surface area (Å²) in [6.45, 7) is 1.83. The number of ether oxygens (including phenoxy) is 1. The highest BCUT2D eigenvalue weighted by Crippen LogP contribution is 2.24. The molecule has 1 aliphatic heterocycles. The average molecular weight is 411 g/mol. The third-order valence-electron chi connectivity index (χ3n) is 5.90. The van der Waals surface area contributed by atoms with E-state index in [1.54, 1.807) is 4.57 Å². The van der Waals surface area contributed by atoms with E-state index in [0.717, 1.165) is 6.42 Å². The molecule has 5 atom stereocenters. The maximum atomic E-state index is 10.2. The molecular weight excluding hydrogens is 370 g/mol. The summed E-state index contributed by atoms with van der Waals surface area (Å²) in [7, 11) is 0. The first-order valence-corrected chi connectivity index (χ1v) is 11.4. The molecule has 1 aliphatic rings. The molecule has 1 fully saturated rings. The van der Waals surface area contributed by atoms with Crippen LogP contribution in [0, 0.1) is 0 Å². The minimum absolute atomic E-state index is 0.418. The van der Waals surface area contributed by atoms with Gasteiger partial charge >= 0.3 is 0 Å². The van der Waals surface area contributed by atoms with Crippen LogP contribution in [0.2, 0.25) is 0 Å². The van der Waals surface area contributed by atoms with Gasteiger partial charge in [0.15, 0.2) is 18.5 Å². The predicted octanol–water partition coefficient (Wildman–Crippen LogP) is 2.41. The van der Waals surface area contributed by atoms with Gasteiger partial charge in [0.1, 0.15) is 18.3 Å². The SMILES string of the molecule is CCCCCCCCCCCCc1cc[n+](C2OC(CO)C(O)C(O)C2O)cc1. The van der Waals surface area contributed by atoms with E-state index in [-0.39, 0.29) is 0 Å². The van der Waals surface area contributed by atoms with E-state index in [9.17, 15) is 20.4 Å². The second-order valence-corrected chi connectivity index (χ2v) is 8.31. The van der Waals surface area contributed by atoms with Gasteiger partial charge in [-0.25, -0.2) is 0 Å². The molecule has 0 amide bonds. The van der Waals surface area contributed by atoms with Crippen molar-refractivity contribution in [3.05, 3.63) is 30.1 Å². The second-order valence-electron chi connectivity index (χ2n) is 8.31. The number of aryl methyl sites for hydroxylation is 1. The zero-order chi connectivity index (χ0) is 21.1. The Hall–Kier alpha value is -1.05. The van der Waals surface area contributed by atoms with Crippen LogP contribution >= 0.6 is 0 Å². The molecular formula is C23H40NO5+.